The van der Waals surface area contributed by atoms with Crippen LogP contribution in [0.5, 0.6) is 0 Å². The van der Waals surface area contributed by atoms with Crippen LogP contribution in [0.15, 0.2) is 89.5 Å². The molecule has 0 fully saturated rings. The predicted octanol–water partition coefficient (Wildman–Crippen LogP) is 6.87. The number of para-hydroxylation sites is 1. The number of hydrogen-bond donors (Lipinski definition) is 2. The van der Waals surface area contributed by atoms with Crippen LogP contribution >= 0.6 is 0 Å². The number of furan rings is 1. The second-order valence-electron chi connectivity index (χ2n) is 9.35. The first-order valence-electron chi connectivity index (χ1n) is 12.2. The van der Waals surface area contributed by atoms with Gasteiger partial charge < -0.3 is 19.6 Å². The number of rotatable bonds is 5. The lowest BCUT2D eigenvalue weighted by Gasteiger charge is -2.18. The SMILES string of the molecule is CNC(=O)c1c(-c2ccc(F)cc2)oc2cc(N(C)C)c(-c3ccnc(-c4cc5ccccc5[nH]4)c3)cc12. The molecule has 0 aliphatic heterocycles. The van der Waals surface area contributed by atoms with Crippen molar-refractivity contribution < 1.29 is 13.6 Å². The molecule has 2 N–H and O–H groups in total. The normalized spacial score (nSPS) is 11.3. The third-order valence-electron chi connectivity index (χ3n) is 6.73. The highest BCUT2D eigenvalue weighted by atomic mass is 19.1. The van der Waals surface area contributed by atoms with Crippen molar-refractivity contribution in [2.45, 2.75) is 0 Å². The molecule has 3 aromatic carbocycles. The Bertz CT molecular complexity index is 1780. The van der Waals surface area contributed by atoms with Gasteiger partial charge in [0.1, 0.15) is 17.2 Å². The number of aromatic amines is 1. The third kappa shape index (κ3) is 3.98. The summed E-state index contributed by atoms with van der Waals surface area (Å²) in [5.74, 6) is -0.234. The zero-order valence-electron chi connectivity index (χ0n) is 21.2. The van der Waals surface area contributed by atoms with Gasteiger partial charge in [-0.05, 0) is 60.2 Å². The summed E-state index contributed by atoms with van der Waals surface area (Å²) in [6, 6.07) is 24.1. The fraction of sp³-hybridized carbons (Fsp3) is 0.0968. The zero-order valence-corrected chi connectivity index (χ0v) is 21.2. The van der Waals surface area contributed by atoms with Crippen LogP contribution in [0.1, 0.15) is 10.4 Å². The van der Waals surface area contributed by atoms with Crippen molar-refractivity contribution >= 4 is 33.5 Å². The monoisotopic (exact) mass is 504 g/mol. The number of carbonyl (C=O) groups is 1. The third-order valence-corrected chi connectivity index (χ3v) is 6.73. The summed E-state index contributed by atoms with van der Waals surface area (Å²) < 4.78 is 19.8. The van der Waals surface area contributed by atoms with Gasteiger partial charge in [-0.2, -0.15) is 0 Å². The van der Waals surface area contributed by atoms with Gasteiger partial charge in [0, 0.05) is 66.5 Å². The minimum Gasteiger partial charge on any atom is -0.455 e. The van der Waals surface area contributed by atoms with E-state index in [-0.39, 0.29) is 11.7 Å². The van der Waals surface area contributed by atoms with E-state index in [9.17, 15) is 9.18 Å². The number of hydrogen-bond acceptors (Lipinski definition) is 4. The largest absolute Gasteiger partial charge is 0.455 e. The molecule has 3 heterocycles. The fourth-order valence-corrected chi connectivity index (χ4v) is 4.85. The summed E-state index contributed by atoms with van der Waals surface area (Å²) in [4.78, 5) is 23.1. The van der Waals surface area contributed by atoms with E-state index in [0.717, 1.165) is 39.1 Å². The summed E-state index contributed by atoms with van der Waals surface area (Å²) in [6.45, 7) is 0. The Hall–Kier alpha value is -4.91. The molecule has 0 aliphatic rings. The van der Waals surface area contributed by atoms with E-state index in [1.54, 1.807) is 25.4 Å². The number of halogens is 1. The van der Waals surface area contributed by atoms with E-state index in [2.05, 4.69) is 27.4 Å². The van der Waals surface area contributed by atoms with Crippen molar-refractivity contribution in [3.8, 4) is 33.8 Å². The first-order valence-corrected chi connectivity index (χ1v) is 12.2. The number of benzene rings is 3. The maximum absolute atomic E-state index is 13.6. The molecule has 0 saturated heterocycles. The highest BCUT2D eigenvalue weighted by molar-refractivity contribution is 6.13. The summed E-state index contributed by atoms with van der Waals surface area (Å²) in [6.07, 6.45) is 1.79. The Balaban J connectivity index is 1.56. The Morgan fingerprint density at radius 1 is 0.974 bits per heavy atom. The minimum absolute atomic E-state index is 0.278. The second kappa shape index (κ2) is 9.19. The molecule has 6 aromatic rings. The molecule has 0 bridgehead atoms. The molecule has 0 unspecified atom stereocenters. The Labute approximate surface area is 218 Å². The van der Waals surface area contributed by atoms with Crippen molar-refractivity contribution in [2.75, 3.05) is 26.0 Å². The topological polar surface area (TPSA) is 74.2 Å². The number of carbonyl (C=O) groups excluding carboxylic acids is 1. The highest BCUT2D eigenvalue weighted by Gasteiger charge is 2.24. The van der Waals surface area contributed by atoms with Crippen LogP contribution < -0.4 is 10.2 Å². The van der Waals surface area contributed by atoms with Crippen LogP contribution in [0.2, 0.25) is 0 Å². The number of fused-ring (bicyclic) bond motifs is 2. The van der Waals surface area contributed by atoms with Crippen LogP contribution in [0.4, 0.5) is 10.1 Å². The number of pyridine rings is 1. The molecule has 0 saturated carbocycles. The Morgan fingerprint density at radius 2 is 1.76 bits per heavy atom. The molecule has 6 nitrogen and oxygen atoms in total. The number of nitrogens with zero attached hydrogens (tertiary/aromatic N) is 2. The van der Waals surface area contributed by atoms with Crippen molar-refractivity contribution in [3.63, 3.8) is 0 Å². The molecule has 1 amide bonds. The molecule has 38 heavy (non-hydrogen) atoms. The van der Waals surface area contributed by atoms with Crippen LogP contribution in [-0.2, 0) is 0 Å². The molecule has 0 spiro atoms. The van der Waals surface area contributed by atoms with E-state index < -0.39 is 0 Å². The minimum atomic E-state index is -0.355. The van der Waals surface area contributed by atoms with Crippen molar-refractivity contribution in [1.29, 1.82) is 0 Å². The lowest BCUT2D eigenvalue weighted by atomic mass is 9.98. The van der Waals surface area contributed by atoms with Crippen molar-refractivity contribution in [2.24, 2.45) is 0 Å². The summed E-state index contributed by atoms with van der Waals surface area (Å²) in [7, 11) is 5.52. The van der Waals surface area contributed by atoms with Crippen LogP contribution in [-0.4, -0.2) is 37.0 Å². The fourth-order valence-electron chi connectivity index (χ4n) is 4.85. The molecule has 188 valence electrons. The van der Waals surface area contributed by atoms with Gasteiger partial charge in [0.15, 0.2) is 0 Å². The van der Waals surface area contributed by atoms with Gasteiger partial charge in [-0.25, -0.2) is 4.39 Å². The van der Waals surface area contributed by atoms with Crippen LogP contribution in [0.25, 0.3) is 55.7 Å². The van der Waals surface area contributed by atoms with E-state index >= 15 is 0 Å². The number of aromatic nitrogens is 2. The van der Waals surface area contributed by atoms with Crippen LogP contribution in [0, 0.1) is 5.82 Å². The van der Waals surface area contributed by atoms with Gasteiger partial charge >= 0.3 is 0 Å². The van der Waals surface area contributed by atoms with E-state index in [1.165, 1.54) is 12.1 Å². The van der Waals surface area contributed by atoms with Gasteiger partial charge in [-0.15, -0.1) is 0 Å². The molecule has 6 rings (SSSR count). The number of anilines is 1. The number of amides is 1. The zero-order chi connectivity index (χ0) is 26.4. The average molecular weight is 505 g/mol. The standard InChI is InChI=1S/C31H25FN4O2/c1-33-31(37)29-23-16-22(19-12-13-34-25(14-19)26-15-20-6-4-5-7-24(20)35-26)27(36(2)3)17-28(23)38-30(29)18-8-10-21(32)11-9-18/h4-17,35H,1-3H3,(H,33,37). The first-order chi connectivity index (χ1) is 18.4. The number of nitrogens with one attached hydrogen (secondary N) is 2. The van der Waals surface area contributed by atoms with Gasteiger partial charge in [-0.3, -0.25) is 9.78 Å². The van der Waals surface area contributed by atoms with Gasteiger partial charge in [0.2, 0.25) is 0 Å². The second-order valence-corrected chi connectivity index (χ2v) is 9.35. The summed E-state index contributed by atoms with van der Waals surface area (Å²) in [5, 5.41) is 4.52. The lowest BCUT2D eigenvalue weighted by Crippen LogP contribution is -2.18. The summed E-state index contributed by atoms with van der Waals surface area (Å²) >= 11 is 0. The van der Waals surface area contributed by atoms with Gasteiger partial charge in [-0.1, -0.05) is 18.2 Å². The molecule has 0 atom stereocenters. The lowest BCUT2D eigenvalue weighted by molar-refractivity contribution is 0.0964. The van der Waals surface area contributed by atoms with E-state index in [4.69, 9.17) is 4.42 Å². The molecule has 7 heteroatoms. The first kappa shape index (κ1) is 23.5. The average Bonchev–Trinajstić information content (AvgIpc) is 3.54. The molecule has 3 aromatic heterocycles. The molecular formula is C31H25FN4O2. The Morgan fingerprint density at radius 3 is 2.50 bits per heavy atom. The Kier molecular flexibility index (Phi) is 5.68. The molecular weight excluding hydrogens is 479 g/mol. The van der Waals surface area contributed by atoms with Crippen molar-refractivity contribution in [3.05, 3.63) is 96.4 Å². The van der Waals surface area contributed by atoms with Crippen molar-refractivity contribution in [1.82, 2.24) is 15.3 Å². The quantitative estimate of drug-likeness (QED) is 0.269. The highest BCUT2D eigenvalue weighted by Crippen LogP contribution is 2.41. The predicted molar refractivity (Wildman–Crippen MR) is 150 cm³/mol. The van der Waals surface area contributed by atoms with Crippen LogP contribution in [0.3, 0.4) is 0 Å². The van der Waals surface area contributed by atoms with E-state index in [0.29, 0.717) is 27.9 Å². The van der Waals surface area contributed by atoms with Gasteiger partial charge in [0.05, 0.1) is 17.0 Å². The van der Waals surface area contributed by atoms with E-state index in [1.807, 2.05) is 61.5 Å². The number of H-pyrrole nitrogens is 1. The summed E-state index contributed by atoms with van der Waals surface area (Å²) in [5.41, 5.74) is 7.19. The van der Waals surface area contributed by atoms with Gasteiger partial charge in [0.25, 0.3) is 5.91 Å². The maximum atomic E-state index is 13.6. The molecule has 0 aliphatic carbocycles. The smallest absolute Gasteiger partial charge is 0.255 e. The maximum Gasteiger partial charge on any atom is 0.255 e. The molecule has 0 radical (unpaired) electrons.